The molecule has 1 aliphatic heterocycles. The molecule has 1 aliphatic carbocycles. The highest BCUT2D eigenvalue weighted by molar-refractivity contribution is 5.33. The van der Waals surface area contributed by atoms with Crippen LogP contribution >= 0.6 is 0 Å². The summed E-state index contributed by atoms with van der Waals surface area (Å²) in [6, 6.07) is 7.46. The van der Waals surface area contributed by atoms with Crippen LogP contribution in [-0.4, -0.2) is 30.6 Å². The standard InChI is InChI=1S/C18H28N2/c1-14-5-3-6-17(15(14)2)12-20(11-16-8-9-16)13-18-7-4-10-19-18/h3,5-6,16,18-19H,4,7-13H2,1-2H3. The fourth-order valence-corrected chi connectivity index (χ4v) is 3.32. The van der Waals surface area contributed by atoms with Crippen LogP contribution in [0.2, 0.25) is 0 Å². The zero-order valence-electron chi connectivity index (χ0n) is 13.0. The number of nitrogens with zero attached hydrogens (tertiary/aromatic N) is 1. The van der Waals surface area contributed by atoms with Gasteiger partial charge < -0.3 is 5.32 Å². The van der Waals surface area contributed by atoms with Crippen LogP contribution in [-0.2, 0) is 6.54 Å². The first-order valence-corrected chi connectivity index (χ1v) is 8.23. The van der Waals surface area contributed by atoms with E-state index in [2.05, 4.69) is 42.3 Å². The normalized spacial score (nSPS) is 22.6. The first kappa shape index (κ1) is 14.1. The molecule has 2 fully saturated rings. The molecule has 0 spiro atoms. The van der Waals surface area contributed by atoms with E-state index in [9.17, 15) is 0 Å². The van der Waals surface area contributed by atoms with Crippen LogP contribution < -0.4 is 5.32 Å². The van der Waals surface area contributed by atoms with Gasteiger partial charge in [0.25, 0.3) is 0 Å². The Morgan fingerprint density at radius 2 is 2.00 bits per heavy atom. The lowest BCUT2D eigenvalue weighted by Gasteiger charge is -2.26. The highest BCUT2D eigenvalue weighted by Crippen LogP contribution is 2.30. The molecule has 0 radical (unpaired) electrons. The Labute approximate surface area is 123 Å². The molecule has 20 heavy (non-hydrogen) atoms. The van der Waals surface area contributed by atoms with Crippen molar-refractivity contribution in [3.05, 3.63) is 34.9 Å². The van der Waals surface area contributed by atoms with Crippen LogP contribution in [0, 0.1) is 19.8 Å². The van der Waals surface area contributed by atoms with Gasteiger partial charge in [0.1, 0.15) is 0 Å². The van der Waals surface area contributed by atoms with E-state index >= 15 is 0 Å². The Kier molecular flexibility index (Phi) is 4.42. The van der Waals surface area contributed by atoms with E-state index in [0.29, 0.717) is 0 Å². The Bertz CT molecular complexity index is 445. The Morgan fingerprint density at radius 3 is 2.70 bits per heavy atom. The van der Waals surface area contributed by atoms with E-state index in [-0.39, 0.29) is 0 Å². The van der Waals surface area contributed by atoms with Gasteiger partial charge in [-0.3, -0.25) is 4.90 Å². The number of hydrogen-bond donors (Lipinski definition) is 1. The molecule has 2 aliphatic rings. The predicted molar refractivity (Wildman–Crippen MR) is 84.9 cm³/mol. The third kappa shape index (κ3) is 3.62. The van der Waals surface area contributed by atoms with Gasteiger partial charge in [-0.05, 0) is 68.7 Å². The van der Waals surface area contributed by atoms with E-state index in [1.54, 1.807) is 0 Å². The van der Waals surface area contributed by atoms with Gasteiger partial charge in [0, 0.05) is 25.7 Å². The molecule has 1 aromatic rings. The maximum atomic E-state index is 3.65. The van der Waals surface area contributed by atoms with Gasteiger partial charge in [-0.1, -0.05) is 18.2 Å². The molecular weight excluding hydrogens is 244 g/mol. The van der Waals surface area contributed by atoms with Gasteiger partial charge in [-0.25, -0.2) is 0 Å². The maximum Gasteiger partial charge on any atom is 0.0237 e. The van der Waals surface area contributed by atoms with E-state index in [0.717, 1.165) is 18.5 Å². The largest absolute Gasteiger partial charge is 0.313 e. The third-order valence-electron chi connectivity index (χ3n) is 4.97. The van der Waals surface area contributed by atoms with Crippen molar-refractivity contribution in [1.82, 2.24) is 10.2 Å². The number of benzene rings is 1. The van der Waals surface area contributed by atoms with Crippen molar-refractivity contribution in [2.75, 3.05) is 19.6 Å². The van der Waals surface area contributed by atoms with Crippen molar-refractivity contribution in [3.63, 3.8) is 0 Å². The summed E-state index contributed by atoms with van der Waals surface area (Å²) in [4.78, 5) is 2.70. The predicted octanol–water partition coefficient (Wildman–Crippen LogP) is 3.27. The summed E-state index contributed by atoms with van der Waals surface area (Å²) in [5.41, 5.74) is 4.42. The van der Waals surface area contributed by atoms with Gasteiger partial charge in [-0.2, -0.15) is 0 Å². The summed E-state index contributed by atoms with van der Waals surface area (Å²) in [6.45, 7) is 9.36. The third-order valence-corrected chi connectivity index (χ3v) is 4.97. The highest BCUT2D eigenvalue weighted by atomic mass is 15.2. The van der Waals surface area contributed by atoms with Gasteiger partial charge >= 0.3 is 0 Å². The Hall–Kier alpha value is -0.860. The quantitative estimate of drug-likeness (QED) is 0.855. The zero-order chi connectivity index (χ0) is 13.9. The second-order valence-corrected chi connectivity index (χ2v) is 6.79. The number of aryl methyl sites for hydroxylation is 1. The summed E-state index contributed by atoms with van der Waals surface area (Å²) in [5.74, 6) is 0.974. The molecule has 0 aromatic heterocycles. The second-order valence-electron chi connectivity index (χ2n) is 6.79. The molecular formula is C18H28N2. The molecule has 2 nitrogen and oxygen atoms in total. The maximum absolute atomic E-state index is 3.65. The van der Waals surface area contributed by atoms with E-state index in [1.165, 1.54) is 62.0 Å². The average Bonchev–Trinajstić information content (AvgIpc) is 3.09. The topological polar surface area (TPSA) is 15.3 Å². The van der Waals surface area contributed by atoms with Crippen LogP contribution in [0.4, 0.5) is 0 Å². The van der Waals surface area contributed by atoms with Crippen molar-refractivity contribution in [3.8, 4) is 0 Å². The van der Waals surface area contributed by atoms with Crippen molar-refractivity contribution in [2.24, 2.45) is 5.92 Å². The van der Waals surface area contributed by atoms with E-state index in [1.807, 2.05) is 0 Å². The molecule has 1 atom stereocenters. The Balaban J connectivity index is 1.66. The van der Waals surface area contributed by atoms with E-state index < -0.39 is 0 Å². The molecule has 1 heterocycles. The first-order chi connectivity index (χ1) is 9.72. The molecule has 110 valence electrons. The fourth-order valence-electron chi connectivity index (χ4n) is 3.32. The summed E-state index contributed by atoms with van der Waals surface area (Å²) in [6.07, 6.45) is 5.60. The molecule has 1 saturated heterocycles. The lowest BCUT2D eigenvalue weighted by atomic mass is 10.0. The lowest BCUT2D eigenvalue weighted by molar-refractivity contribution is 0.231. The number of hydrogen-bond acceptors (Lipinski definition) is 2. The summed E-state index contributed by atoms with van der Waals surface area (Å²) in [5, 5.41) is 3.65. The van der Waals surface area contributed by atoms with Crippen LogP contribution in [0.3, 0.4) is 0 Å². The second kappa shape index (κ2) is 6.28. The summed E-state index contributed by atoms with van der Waals surface area (Å²) >= 11 is 0. The zero-order valence-corrected chi connectivity index (χ0v) is 13.0. The minimum atomic E-state index is 0.721. The molecule has 2 heteroatoms. The van der Waals surface area contributed by atoms with Crippen LogP contribution in [0.5, 0.6) is 0 Å². The van der Waals surface area contributed by atoms with Gasteiger partial charge in [0.15, 0.2) is 0 Å². The number of rotatable bonds is 6. The molecule has 1 unspecified atom stereocenters. The van der Waals surface area contributed by atoms with Crippen LogP contribution in [0.1, 0.15) is 42.4 Å². The van der Waals surface area contributed by atoms with E-state index in [4.69, 9.17) is 0 Å². The lowest BCUT2D eigenvalue weighted by Crippen LogP contribution is -2.38. The molecule has 1 aromatic carbocycles. The molecule has 3 rings (SSSR count). The average molecular weight is 272 g/mol. The smallest absolute Gasteiger partial charge is 0.0237 e. The summed E-state index contributed by atoms with van der Waals surface area (Å²) < 4.78 is 0. The minimum Gasteiger partial charge on any atom is -0.313 e. The summed E-state index contributed by atoms with van der Waals surface area (Å²) in [7, 11) is 0. The molecule has 0 bridgehead atoms. The molecule has 1 saturated carbocycles. The van der Waals surface area contributed by atoms with Gasteiger partial charge in [-0.15, -0.1) is 0 Å². The number of nitrogens with one attached hydrogen (secondary N) is 1. The molecule has 0 amide bonds. The van der Waals surface area contributed by atoms with Gasteiger partial charge in [0.2, 0.25) is 0 Å². The Morgan fingerprint density at radius 1 is 1.15 bits per heavy atom. The van der Waals surface area contributed by atoms with Crippen molar-refractivity contribution >= 4 is 0 Å². The molecule has 1 N–H and O–H groups in total. The monoisotopic (exact) mass is 272 g/mol. The SMILES string of the molecule is Cc1cccc(CN(CC2CC2)CC2CCCN2)c1C. The fraction of sp³-hybridized carbons (Fsp3) is 0.667. The van der Waals surface area contributed by atoms with Crippen LogP contribution in [0.15, 0.2) is 18.2 Å². The first-order valence-electron chi connectivity index (χ1n) is 8.23. The van der Waals surface area contributed by atoms with Crippen molar-refractivity contribution < 1.29 is 0 Å². The van der Waals surface area contributed by atoms with Crippen molar-refractivity contribution in [2.45, 2.75) is 52.1 Å². The van der Waals surface area contributed by atoms with Gasteiger partial charge in [0.05, 0.1) is 0 Å². The van der Waals surface area contributed by atoms with Crippen LogP contribution in [0.25, 0.3) is 0 Å². The highest BCUT2D eigenvalue weighted by Gasteiger charge is 2.26. The minimum absolute atomic E-state index is 0.721. The van der Waals surface area contributed by atoms with Crippen molar-refractivity contribution in [1.29, 1.82) is 0 Å².